The molecule has 0 aromatic heterocycles. The number of fused-ring (bicyclic) bond motifs is 9. The Hall–Kier alpha value is -6.51. The van der Waals surface area contributed by atoms with Crippen LogP contribution in [0, 0.1) is 0 Å². The molecular formula is C64H62B2N2. The molecule has 0 saturated heterocycles. The third kappa shape index (κ3) is 6.46. The first-order chi connectivity index (χ1) is 32.3. The summed E-state index contributed by atoms with van der Waals surface area (Å²) in [6, 6.07) is 61.5. The highest BCUT2D eigenvalue weighted by molar-refractivity contribution is 7.03. The maximum Gasteiger partial charge on any atom is 0.329 e. The van der Waals surface area contributed by atoms with Crippen LogP contribution in [0.1, 0.15) is 105 Å². The number of hydrogen-bond acceptors (Lipinski definition) is 2. The molecule has 8 aromatic rings. The highest BCUT2D eigenvalue weighted by Crippen LogP contribution is 2.52. The van der Waals surface area contributed by atoms with E-state index in [2.05, 4.69) is 251 Å². The van der Waals surface area contributed by atoms with E-state index >= 15 is 0 Å². The fraction of sp³-hybridized carbons (Fsp3) is 0.250. The van der Waals surface area contributed by atoms with E-state index in [0.717, 1.165) is 0 Å². The Balaban J connectivity index is 1.24. The molecule has 0 bridgehead atoms. The standard InChI is InChI=1S/C64H62B2N2/c1-61(2,3)43-23-26-48-50-28-30-57-58-60(50)68-59-51(49-27-24-44(62(4,5)6)36-53(49)66(68)52(48)35-43)34-46(64(10,11)12)38-55(59)65(58)54-37-45(63(7,8)9)25-29-56(54)67(57)47-32-41(39-19-15-13-16-20-39)31-42(33-47)40-21-17-14-18-22-40/h13-38H,1-12H3. The van der Waals surface area contributed by atoms with Crippen LogP contribution in [0.2, 0.25) is 0 Å². The van der Waals surface area contributed by atoms with Gasteiger partial charge < -0.3 is 9.71 Å². The van der Waals surface area contributed by atoms with Gasteiger partial charge in [-0.2, -0.15) is 0 Å². The Kier molecular flexibility index (Phi) is 9.13. The van der Waals surface area contributed by atoms with Gasteiger partial charge in [0, 0.05) is 39.6 Å². The van der Waals surface area contributed by atoms with Gasteiger partial charge in [-0.1, -0.05) is 204 Å². The predicted molar refractivity (Wildman–Crippen MR) is 296 cm³/mol. The fourth-order valence-electron chi connectivity index (χ4n) is 11.8. The van der Waals surface area contributed by atoms with Gasteiger partial charge in [0.1, 0.15) is 0 Å². The van der Waals surface area contributed by atoms with Crippen LogP contribution in [0.15, 0.2) is 158 Å². The van der Waals surface area contributed by atoms with Gasteiger partial charge in [-0.25, -0.2) is 0 Å². The van der Waals surface area contributed by atoms with E-state index in [-0.39, 0.29) is 35.2 Å². The van der Waals surface area contributed by atoms with Crippen molar-refractivity contribution in [2.24, 2.45) is 0 Å². The van der Waals surface area contributed by atoms with Crippen molar-refractivity contribution < 1.29 is 0 Å². The van der Waals surface area contributed by atoms with Gasteiger partial charge in [-0.3, -0.25) is 0 Å². The molecule has 2 nitrogen and oxygen atoms in total. The van der Waals surface area contributed by atoms with E-state index in [4.69, 9.17) is 0 Å². The van der Waals surface area contributed by atoms with Crippen LogP contribution in [0.5, 0.6) is 0 Å². The summed E-state index contributed by atoms with van der Waals surface area (Å²) in [7, 11) is 0. The third-order valence-electron chi connectivity index (χ3n) is 15.6. The SMILES string of the molecule is CC(C)(C)c1ccc2c(c1)B1c3cc(C(C)(C)C)ccc3-c3ccc4c5c3N1c1c(cc(C(C)(C)C)cc1-2)B5c1cc(C(C)(C)C)ccc1N4c1cc(-c2ccccc2)cc(-c2ccccc2)c1. The van der Waals surface area contributed by atoms with E-state index in [1.165, 1.54) is 123 Å². The van der Waals surface area contributed by atoms with Crippen molar-refractivity contribution in [1.82, 2.24) is 0 Å². The molecule has 4 heterocycles. The highest BCUT2D eigenvalue weighted by Gasteiger charge is 2.52. The molecule has 4 heteroatoms. The molecule has 8 aromatic carbocycles. The van der Waals surface area contributed by atoms with Crippen LogP contribution >= 0.6 is 0 Å². The van der Waals surface area contributed by atoms with Crippen molar-refractivity contribution in [3.63, 3.8) is 0 Å². The molecule has 68 heavy (non-hydrogen) atoms. The second-order valence-electron chi connectivity index (χ2n) is 24.3. The fourth-order valence-corrected chi connectivity index (χ4v) is 11.8. The average Bonchev–Trinajstić information content (AvgIpc) is 3.31. The van der Waals surface area contributed by atoms with Crippen LogP contribution in [0.25, 0.3) is 44.5 Å². The van der Waals surface area contributed by atoms with E-state index < -0.39 is 0 Å². The quantitative estimate of drug-likeness (QED) is 0.163. The van der Waals surface area contributed by atoms with Gasteiger partial charge in [-0.15, -0.1) is 0 Å². The molecule has 0 fully saturated rings. The summed E-state index contributed by atoms with van der Waals surface area (Å²) in [5.74, 6) is 0. The molecule has 0 N–H and O–H groups in total. The zero-order valence-corrected chi connectivity index (χ0v) is 42.1. The zero-order chi connectivity index (χ0) is 47.4. The van der Waals surface area contributed by atoms with Gasteiger partial charge in [0.25, 0.3) is 6.71 Å². The monoisotopic (exact) mass is 881 g/mol. The summed E-state index contributed by atoms with van der Waals surface area (Å²) in [4.78, 5) is 5.45. The Labute approximate surface area is 406 Å². The molecule has 4 aliphatic rings. The lowest BCUT2D eigenvalue weighted by molar-refractivity contribution is 0.590. The molecule has 12 rings (SSSR count). The third-order valence-corrected chi connectivity index (χ3v) is 15.6. The van der Waals surface area contributed by atoms with Crippen molar-refractivity contribution >= 4 is 69.3 Å². The Morgan fingerprint density at radius 1 is 0.338 bits per heavy atom. The molecular weight excluding hydrogens is 818 g/mol. The minimum Gasteiger partial charge on any atom is -0.377 e. The van der Waals surface area contributed by atoms with Gasteiger partial charge in [-0.05, 0) is 141 Å². The van der Waals surface area contributed by atoms with Gasteiger partial charge in [0.05, 0.1) is 0 Å². The normalized spacial score (nSPS) is 14.4. The maximum absolute atomic E-state index is 2.83. The van der Waals surface area contributed by atoms with Gasteiger partial charge in [0.15, 0.2) is 0 Å². The van der Waals surface area contributed by atoms with Crippen LogP contribution in [-0.2, 0) is 21.7 Å². The van der Waals surface area contributed by atoms with Crippen molar-refractivity contribution in [2.45, 2.75) is 105 Å². The summed E-state index contributed by atoms with van der Waals surface area (Å²) in [6.07, 6.45) is 0. The molecule has 334 valence electrons. The summed E-state index contributed by atoms with van der Waals surface area (Å²) in [5, 5.41) is 0. The largest absolute Gasteiger partial charge is 0.377 e. The van der Waals surface area contributed by atoms with E-state index in [1.54, 1.807) is 0 Å². The molecule has 0 saturated carbocycles. The molecule has 0 atom stereocenters. The Bertz CT molecular complexity index is 3330. The maximum atomic E-state index is 2.83. The number of anilines is 5. The number of nitrogens with zero attached hydrogens (tertiary/aromatic N) is 2. The molecule has 0 amide bonds. The summed E-state index contributed by atoms with van der Waals surface area (Å²) in [5.41, 5.74) is 29.0. The second kappa shape index (κ2) is 14.5. The van der Waals surface area contributed by atoms with Crippen molar-refractivity contribution in [2.75, 3.05) is 9.71 Å². The number of benzene rings is 8. The molecule has 0 radical (unpaired) electrons. The van der Waals surface area contributed by atoms with Crippen molar-refractivity contribution in [3.05, 3.63) is 180 Å². The van der Waals surface area contributed by atoms with Crippen LogP contribution in [-0.4, -0.2) is 13.6 Å². The minimum atomic E-state index is -0.0720. The van der Waals surface area contributed by atoms with E-state index in [0.29, 0.717) is 0 Å². The molecule has 0 spiro atoms. The average molecular weight is 881 g/mol. The minimum absolute atomic E-state index is 0.00173. The van der Waals surface area contributed by atoms with Gasteiger partial charge in [0.2, 0.25) is 0 Å². The Morgan fingerprint density at radius 2 is 0.794 bits per heavy atom. The lowest BCUT2D eigenvalue weighted by Crippen LogP contribution is -2.69. The van der Waals surface area contributed by atoms with E-state index in [9.17, 15) is 0 Å². The van der Waals surface area contributed by atoms with Crippen molar-refractivity contribution in [3.8, 4) is 44.5 Å². The first-order valence-electron chi connectivity index (χ1n) is 24.9. The second-order valence-corrected chi connectivity index (χ2v) is 24.3. The lowest BCUT2D eigenvalue weighted by Gasteiger charge is -2.52. The zero-order valence-electron chi connectivity index (χ0n) is 42.1. The molecule has 0 aliphatic carbocycles. The van der Waals surface area contributed by atoms with Crippen LogP contribution in [0.4, 0.5) is 28.4 Å². The first kappa shape index (κ1) is 42.8. The van der Waals surface area contributed by atoms with Crippen LogP contribution in [0.3, 0.4) is 0 Å². The summed E-state index contributed by atoms with van der Waals surface area (Å²) < 4.78 is 0. The smallest absolute Gasteiger partial charge is 0.329 e. The number of rotatable bonds is 3. The van der Waals surface area contributed by atoms with E-state index in [1.807, 2.05) is 0 Å². The predicted octanol–water partition coefficient (Wildman–Crippen LogP) is 13.7. The summed E-state index contributed by atoms with van der Waals surface area (Å²) >= 11 is 0. The molecule has 4 aliphatic heterocycles. The van der Waals surface area contributed by atoms with Crippen molar-refractivity contribution in [1.29, 1.82) is 0 Å². The lowest BCUT2D eigenvalue weighted by atomic mass is 9.30. The topological polar surface area (TPSA) is 6.48 Å². The summed E-state index contributed by atoms with van der Waals surface area (Å²) in [6.45, 7) is 28.4. The molecule has 0 unspecified atom stereocenters. The van der Waals surface area contributed by atoms with Gasteiger partial charge >= 0.3 is 6.85 Å². The highest BCUT2D eigenvalue weighted by atomic mass is 15.2. The Morgan fingerprint density at radius 3 is 1.32 bits per heavy atom. The van der Waals surface area contributed by atoms with Crippen LogP contribution < -0.4 is 37.0 Å². The first-order valence-corrected chi connectivity index (χ1v) is 24.9. The number of hydrogen-bond donors (Lipinski definition) is 0.